The second-order valence-corrected chi connectivity index (χ2v) is 4.88. The van der Waals surface area contributed by atoms with Gasteiger partial charge in [-0.3, -0.25) is 15.5 Å². The van der Waals surface area contributed by atoms with Crippen LogP contribution in [0.5, 0.6) is 0 Å². The van der Waals surface area contributed by atoms with Gasteiger partial charge in [-0.25, -0.2) is 0 Å². The highest BCUT2D eigenvalue weighted by Crippen LogP contribution is 2.41. The van der Waals surface area contributed by atoms with Gasteiger partial charge in [0.25, 0.3) is 0 Å². The molecule has 0 bridgehead atoms. The molecule has 3 heteroatoms. The smallest absolute Gasteiger partial charge is 0.194 e. The molecular weight excluding hydrogens is 250 g/mol. The van der Waals surface area contributed by atoms with Crippen LogP contribution >= 0.6 is 0 Å². The Kier molecular flexibility index (Phi) is 2.20. The lowest BCUT2D eigenvalue weighted by atomic mass is 9.82. The van der Waals surface area contributed by atoms with Crippen LogP contribution < -0.4 is 5.48 Å². The molecule has 0 fully saturated rings. The lowest BCUT2D eigenvalue weighted by Crippen LogP contribution is -2.10. The highest BCUT2D eigenvalue weighted by molar-refractivity contribution is 6.27. The van der Waals surface area contributed by atoms with E-state index in [0.29, 0.717) is 11.3 Å². The molecule has 0 amide bonds. The van der Waals surface area contributed by atoms with Gasteiger partial charge in [-0.1, -0.05) is 48.5 Å². The van der Waals surface area contributed by atoms with E-state index in [0.717, 1.165) is 27.5 Å². The van der Waals surface area contributed by atoms with Crippen LogP contribution in [0.15, 0.2) is 54.6 Å². The second kappa shape index (κ2) is 3.92. The van der Waals surface area contributed by atoms with Crippen LogP contribution in [-0.2, 0) is 0 Å². The van der Waals surface area contributed by atoms with Crippen molar-refractivity contribution in [1.82, 2.24) is 0 Å². The summed E-state index contributed by atoms with van der Waals surface area (Å²) in [5.74, 6) is 0.0359. The van der Waals surface area contributed by atoms with Gasteiger partial charge >= 0.3 is 0 Å². The first-order valence-electron chi connectivity index (χ1n) is 6.41. The quantitative estimate of drug-likeness (QED) is 0.512. The van der Waals surface area contributed by atoms with Gasteiger partial charge in [-0.15, -0.1) is 0 Å². The summed E-state index contributed by atoms with van der Waals surface area (Å²) in [6.45, 7) is 0. The number of nitrogens with one attached hydrogen (secondary N) is 1. The van der Waals surface area contributed by atoms with Gasteiger partial charge in [-0.05, 0) is 17.2 Å². The van der Waals surface area contributed by atoms with Crippen LogP contribution in [0, 0.1) is 0 Å². The first-order valence-corrected chi connectivity index (χ1v) is 6.41. The zero-order valence-corrected chi connectivity index (χ0v) is 10.6. The van der Waals surface area contributed by atoms with Gasteiger partial charge in [0.1, 0.15) is 0 Å². The lowest BCUT2D eigenvalue weighted by molar-refractivity contribution is 0.104. The van der Waals surface area contributed by atoms with Crippen LogP contribution in [0.25, 0.3) is 21.9 Å². The summed E-state index contributed by atoms with van der Waals surface area (Å²) < 4.78 is 0. The number of carbonyl (C=O) groups is 1. The maximum atomic E-state index is 12.6. The summed E-state index contributed by atoms with van der Waals surface area (Å²) in [6, 6.07) is 17.0. The molecule has 1 aliphatic carbocycles. The monoisotopic (exact) mass is 261 g/mol. The molecule has 96 valence electrons. The van der Waals surface area contributed by atoms with E-state index in [-0.39, 0.29) is 5.78 Å². The van der Waals surface area contributed by atoms with Crippen LogP contribution in [0.1, 0.15) is 15.9 Å². The average Bonchev–Trinajstić information content (AvgIpc) is 2.52. The molecule has 0 spiro atoms. The number of fused-ring (bicyclic) bond motifs is 2. The van der Waals surface area contributed by atoms with Gasteiger partial charge in [0.05, 0.1) is 5.69 Å². The highest BCUT2D eigenvalue weighted by atomic mass is 16.5. The van der Waals surface area contributed by atoms with E-state index in [1.165, 1.54) is 0 Å². The van der Waals surface area contributed by atoms with E-state index in [2.05, 4.69) is 5.48 Å². The maximum Gasteiger partial charge on any atom is 0.194 e. The first kappa shape index (κ1) is 11.2. The zero-order valence-electron chi connectivity index (χ0n) is 10.6. The van der Waals surface area contributed by atoms with E-state index >= 15 is 0 Å². The fourth-order valence-electron chi connectivity index (χ4n) is 2.98. The van der Waals surface area contributed by atoms with Gasteiger partial charge in [0.15, 0.2) is 5.78 Å². The van der Waals surface area contributed by atoms with E-state index in [1.807, 2.05) is 54.6 Å². The Labute approximate surface area is 115 Å². The second-order valence-electron chi connectivity index (χ2n) is 4.88. The number of carbonyl (C=O) groups excluding carboxylic acids is 1. The van der Waals surface area contributed by atoms with Crippen molar-refractivity contribution in [1.29, 1.82) is 0 Å². The molecule has 1 aliphatic rings. The largest absolute Gasteiger partial charge is 0.291 e. The molecule has 0 unspecified atom stereocenters. The van der Waals surface area contributed by atoms with Crippen molar-refractivity contribution in [3.05, 3.63) is 65.7 Å². The average molecular weight is 261 g/mol. The highest BCUT2D eigenvalue weighted by Gasteiger charge is 2.25. The van der Waals surface area contributed by atoms with Gasteiger partial charge < -0.3 is 0 Å². The summed E-state index contributed by atoms with van der Waals surface area (Å²) in [4.78, 5) is 12.6. The lowest BCUT2D eigenvalue weighted by Gasteiger charge is -2.20. The van der Waals surface area contributed by atoms with Crippen molar-refractivity contribution in [2.45, 2.75) is 0 Å². The Morgan fingerprint density at radius 1 is 0.750 bits per heavy atom. The molecule has 0 radical (unpaired) electrons. The minimum absolute atomic E-state index is 0.0359. The summed E-state index contributed by atoms with van der Waals surface area (Å²) in [5, 5.41) is 11.0. The Morgan fingerprint density at radius 2 is 1.50 bits per heavy atom. The number of ketones is 1. The first-order chi connectivity index (χ1) is 9.81. The normalized spacial score (nSPS) is 12.3. The minimum Gasteiger partial charge on any atom is -0.291 e. The molecule has 0 saturated heterocycles. The third kappa shape index (κ3) is 1.30. The van der Waals surface area contributed by atoms with Crippen molar-refractivity contribution >= 4 is 22.2 Å². The molecule has 0 saturated carbocycles. The molecule has 3 aromatic carbocycles. The molecule has 20 heavy (non-hydrogen) atoms. The number of benzene rings is 3. The summed E-state index contributed by atoms with van der Waals surface area (Å²) in [7, 11) is 0. The molecule has 0 heterocycles. The van der Waals surface area contributed by atoms with E-state index in [1.54, 1.807) is 0 Å². The predicted octanol–water partition coefficient (Wildman–Crippen LogP) is 3.85. The molecule has 0 aliphatic heterocycles. The number of hydrogen-bond acceptors (Lipinski definition) is 3. The molecule has 0 atom stereocenters. The number of hydrogen-bond donors (Lipinski definition) is 2. The molecule has 0 aromatic heterocycles. The van der Waals surface area contributed by atoms with Crippen LogP contribution in [0.3, 0.4) is 0 Å². The number of rotatable bonds is 1. The van der Waals surface area contributed by atoms with Gasteiger partial charge in [0.2, 0.25) is 0 Å². The van der Waals surface area contributed by atoms with Crippen molar-refractivity contribution < 1.29 is 10.0 Å². The fourth-order valence-corrected chi connectivity index (χ4v) is 2.98. The summed E-state index contributed by atoms with van der Waals surface area (Å²) in [6.07, 6.45) is 0. The number of anilines is 1. The van der Waals surface area contributed by atoms with Crippen molar-refractivity contribution in [3.8, 4) is 11.1 Å². The van der Waals surface area contributed by atoms with Gasteiger partial charge in [0, 0.05) is 21.9 Å². The summed E-state index contributed by atoms with van der Waals surface area (Å²) in [5.41, 5.74) is 6.21. The predicted molar refractivity (Wildman–Crippen MR) is 78.2 cm³/mol. The van der Waals surface area contributed by atoms with Crippen molar-refractivity contribution in [2.75, 3.05) is 5.48 Å². The molecular formula is C17H11NO2. The minimum atomic E-state index is 0.0359. The summed E-state index contributed by atoms with van der Waals surface area (Å²) >= 11 is 0. The maximum absolute atomic E-state index is 12.6. The van der Waals surface area contributed by atoms with Crippen LogP contribution in [-0.4, -0.2) is 11.0 Å². The Bertz CT molecular complexity index is 868. The van der Waals surface area contributed by atoms with Gasteiger partial charge in [-0.2, -0.15) is 0 Å². The Hall–Kier alpha value is -2.65. The van der Waals surface area contributed by atoms with E-state index in [4.69, 9.17) is 0 Å². The third-order valence-corrected chi connectivity index (χ3v) is 3.87. The zero-order chi connectivity index (χ0) is 13.7. The van der Waals surface area contributed by atoms with E-state index < -0.39 is 0 Å². The topological polar surface area (TPSA) is 49.3 Å². The van der Waals surface area contributed by atoms with E-state index in [9.17, 15) is 10.0 Å². The molecule has 3 nitrogen and oxygen atoms in total. The van der Waals surface area contributed by atoms with Crippen molar-refractivity contribution in [2.24, 2.45) is 0 Å². The standard InChI is InChI=1S/C17H11NO2/c19-17-12-5-2-1-4-10(12)11-8-9-15(18-20)13-6-3-7-14(17)16(11)13/h1-9,18,20H. The van der Waals surface area contributed by atoms with Crippen molar-refractivity contribution in [3.63, 3.8) is 0 Å². The fraction of sp³-hybridized carbons (Fsp3) is 0. The van der Waals surface area contributed by atoms with Crippen LogP contribution in [0.4, 0.5) is 5.69 Å². The SMILES string of the molecule is O=C1c2ccccc2-c2ccc(NO)c3cccc1c23. The molecule has 4 rings (SSSR count). The molecule has 2 N–H and O–H groups in total. The molecule has 3 aromatic rings. The Balaban J connectivity index is 2.23. The van der Waals surface area contributed by atoms with Crippen LogP contribution in [0.2, 0.25) is 0 Å². The third-order valence-electron chi connectivity index (χ3n) is 3.87. The Morgan fingerprint density at radius 3 is 2.30 bits per heavy atom.